The number of fused-ring (bicyclic) bond motifs is 1. The second kappa shape index (κ2) is 7.78. The lowest BCUT2D eigenvalue weighted by molar-refractivity contribution is 0.304. The van der Waals surface area contributed by atoms with Crippen LogP contribution in [0.5, 0.6) is 17.2 Å². The maximum Gasteiger partial charge on any atom is 0.243 e. The van der Waals surface area contributed by atoms with Crippen molar-refractivity contribution in [2.45, 2.75) is 37.8 Å². The van der Waals surface area contributed by atoms with E-state index in [1.807, 2.05) is 26.0 Å². The third-order valence-corrected chi connectivity index (χ3v) is 6.75. The van der Waals surface area contributed by atoms with Gasteiger partial charge in [-0.2, -0.15) is 4.31 Å². The molecule has 27 heavy (non-hydrogen) atoms. The first kappa shape index (κ1) is 19.5. The lowest BCUT2D eigenvalue weighted by Gasteiger charge is -2.34. The van der Waals surface area contributed by atoms with E-state index in [4.69, 9.17) is 14.2 Å². The Morgan fingerprint density at radius 3 is 2.19 bits per heavy atom. The molecule has 0 fully saturated rings. The highest BCUT2D eigenvalue weighted by Gasteiger charge is 2.34. The van der Waals surface area contributed by atoms with Gasteiger partial charge in [-0.3, -0.25) is 0 Å². The van der Waals surface area contributed by atoms with Crippen molar-refractivity contribution in [1.82, 2.24) is 4.31 Å². The second-order valence-corrected chi connectivity index (χ2v) is 8.37. The number of benzene rings is 2. The minimum absolute atomic E-state index is 0.160. The average Bonchev–Trinajstić information content (AvgIpc) is 2.67. The van der Waals surface area contributed by atoms with Crippen molar-refractivity contribution in [3.05, 3.63) is 47.5 Å². The molecule has 0 aromatic heterocycles. The predicted molar refractivity (Wildman–Crippen MR) is 103 cm³/mol. The van der Waals surface area contributed by atoms with Crippen molar-refractivity contribution < 1.29 is 22.6 Å². The number of ether oxygens (including phenoxy) is 3. The smallest absolute Gasteiger partial charge is 0.243 e. The summed E-state index contributed by atoms with van der Waals surface area (Å²) in [5, 5.41) is 0. The van der Waals surface area contributed by atoms with Crippen LogP contribution in [0.25, 0.3) is 0 Å². The standard InChI is InChI=1S/C20H25NO5S/c1-5-26-17-6-8-18(9-7-17)27(22,23)21-13-16-12-20(25-4)19(24-3)11-15(16)10-14(21)2/h6-9,11-12,14H,5,10,13H2,1-4H3. The van der Waals surface area contributed by atoms with E-state index < -0.39 is 10.0 Å². The van der Waals surface area contributed by atoms with E-state index in [1.54, 1.807) is 38.5 Å². The zero-order chi connectivity index (χ0) is 19.6. The van der Waals surface area contributed by atoms with Crippen LogP contribution in [0.1, 0.15) is 25.0 Å². The summed E-state index contributed by atoms with van der Waals surface area (Å²) >= 11 is 0. The van der Waals surface area contributed by atoms with Gasteiger partial charge in [0.1, 0.15) is 5.75 Å². The maximum absolute atomic E-state index is 13.2. The molecule has 1 aliphatic heterocycles. The van der Waals surface area contributed by atoms with Crippen LogP contribution in [-0.2, 0) is 23.0 Å². The fraction of sp³-hybridized carbons (Fsp3) is 0.400. The Morgan fingerprint density at radius 1 is 1.04 bits per heavy atom. The van der Waals surface area contributed by atoms with E-state index in [-0.39, 0.29) is 10.9 Å². The summed E-state index contributed by atoms with van der Waals surface area (Å²) in [5.41, 5.74) is 2.01. The number of rotatable bonds is 6. The molecule has 0 bridgehead atoms. The van der Waals surface area contributed by atoms with Crippen LogP contribution >= 0.6 is 0 Å². The molecule has 146 valence electrons. The van der Waals surface area contributed by atoms with Gasteiger partial charge in [0.2, 0.25) is 10.0 Å². The fourth-order valence-corrected chi connectivity index (χ4v) is 4.98. The van der Waals surface area contributed by atoms with Gasteiger partial charge in [0, 0.05) is 12.6 Å². The highest BCUT2D eigenvalue weighted by atomic mass is 32.2. The van der Waals surface area contributed by atoms with Crippen molar-refractivity contribution in [3.63, 3.8) is 0 Å². The maximum atomic E-state index is 13.2. The molecule has 3 rings (SSSR count). The second-order valence-electron chi connectivity index (χ2n) is 6.48. The van der Waals surface area contributed by atoms with Gasteiger partial charge < -0.3 is 14.2 Å². The molecule has 0 spiro atoms. The van der Waals surface area contributed by atoms with Crippen LogP contribution in [0.2, 0.25) is 0 Å². The van der Waals surface area contributed by atoms with E-state index in [0.29, 0.717) is 36.8 Å². The van der Waals surface area contributed by atoms with Crippen molar-refractivity contribution >= 4 is 10.0 Å². The molecule has 0 amide bonds. The highest BCUT2D eigenvalue weighted by molar-refractivity contribution is 7.89. The van der Waals surface area contributed by atoms with E-state index in [2.05, 4.69) is 0 Å². The molecular formula is C20H25NO5S. The van der Waals surface area contributed by atoms with Gasteiger partial charge in [0.05, 0.1) is 25.7 Å². The SMILES string of the molecule is CCOc1ccc(S(=O)(=O)N2Cc3cc(OC)c(OC)cc3CC2C)cc1. The fourth-order valence-electron chi connectivity index (χ4n) is 3.38. The zero-order valence-corrected chi connectivity index (χ0v) is 16.9. The normalized spacial score (nSPS) is 17.3. The van der Waals surface area contributed by atoms with Gasteiger partial charge in [-0.05, 0) is 67.8 Å². The van der Waals surface area contributed by atoms with Gasteiger partial charge in [0.15, 0.2) is 11.5 Å². The number of methoxy groups -OCH3 is 2. The van der Waals surface area contributed by atoms with Crippen molar-refractivity contribution in [1.29, 1.82) is 0 Å². The van der Waals surface area contributed by atoms with Crippen LogP contribution in [-0.4, -0.2) is 39.6 Å². The van der Waals surface area contributed by atoms with Crippen LogP contribution < -0.4 is 14.2 Å². The summed E-state index contributed by atoms with van der Waals surface area (Å²) in [6, 6.07) is 10.2. The lowest BCUT2D eigenvalue weighted by atomic mass is 9.96. The third kappa shape index (κ3) is 3.75. The van der Waals surface area contributed by atoms with Crippen LogP contribution in [0.15, 0.2) is 41.3 Å². The summed E-state index contributed by atoms with van der Waals surface area (Å²) in [6.45, 7) is 4.65. The van der Waals surface area contributed by atoms with E-state index >= 15 is 0 Å². The van der Waals surface area contributed by atoms with Gasteiger partial charge in [-0.1, -0.05) is 0 Å². The minimum atomic E-state index is -3.62. The summed E-state index contributed by atoms with van der Waals surface area (Å²) in [4.78, 5) is 0.265. The number of sulfonamides is 1. The monoisotopic (exact) mass is 391 g/mol. The molecule has 1 heterocycles. The molecule has 2 aromatic carbocycles. The van der Waals surface area contributed by atoms with Gasteiger partial charge in [0.25, 0.3) is 0 Å². The first-order chi connectivity index (χ1) is 12.9. The largest absolute Gasteiger partial charge is 0.494 e. The number of hydrogen-bond donors (Lipinski definition) is 0. The molecule has 1 aliphatic rings. The van der Waals surface area contributed by atoms with E-state index in [1.165, 1.54) is 4.31 Å². The molecule has 1 atom stereocenters. The van der Waals surface area contributed by atoms with Crippen LogP contribution in [0.4, 0.5) is 0 Å². The van der Waals surface area contributed by atoms with E-state index in [9.17, 15) is 8.42 Å². The number of hydrogen-bond acceptors (Lipinski definition) is 5. The van der Waals surface area contributed by atoms with Crippen molar-refractivity contribution in [3.8, 4) is 17.2 Å². The van der Waals surface area contributed by atoms with E-state index in [0.717, 1.165) is 11.1 Å². The van der Waals surface area contributed by atoms with Gasteiger partial charge in [-0.15, -0.1) is 0 Å². The Bertz CT molecular complexity index is 909. The lowest BCUT2D eigenvalue weighted by Crippen LogP contribution is -2.42. The molecule has 6 nitrogen and oxygen atoms in total. The topological polar surface area (TPSA) is 65.1 Å². The van der Waals surface area contributed by atoms with Gasteiger partial charge >= 0.3 is 0 Å². The minimum Gasteiger partial charge on any atom is -0.494 e. The van der Waals surface area contributed by atoms with Crippen LogP contribution in [0, 0.1) is 0 Å². The Labute approximate surface area is 160 Å². The highest BCUT2D eigenvalue weighted by Crippen LogP contribution is 2.36. The first-order valence-corrected chi connectivity index (χ1v) is 10.3. The molecule has 0 saturated heterocycles. The zero-order valence-electron chi connectivity index (χ0n) is 16.1. The quantitative estimate of drug-likeness (QED) is 0.756. The first-order valence-electron chi connectivity index (χ1n) is 8.89. The predicted octanol–water partition coefficient (Wildman–Crippen LogP) is 3.24. The molecule has 0 N–H and O–H groups in total. The van der Waals surface area contributed by atoms with Crippen molar-refractivity contribution in [2.24, 2.45) is 0 Å². The Morgan fingerprint density at radius 2 is 1.63 bits per heavy atom. The molecule has 0 saturated carbocycles. The molecule has 1 unspecified atom stereocenters. The Balaban J connectivity index is 1.93. The Hall–Kier alpha value is -2.25. The summed E-state index contributed by atoms with van der Waals surface area (Å²) < 4.78 is 44.0. The van der Waals surface area contributed by atoms with Crippen molar-refractivity contribution in [2.75, 3.05) is 20.8 Å². The van der Waals surface area contributed by atoms with Gasteiger partial charge in [-0.25, -0.2) is 8.42 Å². The third-order valence-electron chi connectivity index (χ3n) is 4.78. The molecular weight excluding hydrogens is 366 g/mol. The molecule has 7 heteroatoms. The summed E-state index contributed by atoms with van der Waals surface area (Å²) in [5.74, 6) is 1.92. The Kier molecular flexibility index (Phi) is 5.62. The molecule has 2 aromatic rings. The molecule has 0 aliphatic carbocycles. The van der Waals surface area contributed by atoms with Crippen LogP contribution in [0.3, 0.4) is 0 Å². The average molecular weight is 391 g/mol. The summed E-state index contributed by atoms with van der Waals surface area (Å²) in [6.07, 6.45) is 0.617. The summed E-state index contributed by atoms with van der Waals surface area (Å²) in [7, 11) is -0.445. The number of nitrogens with zero attached hydrogens (tertiary/aromatic N) is 1. The molecule has 0 radical (unpaired) electrons.